The molecule has 0 radical (unpaired) electrons. The molecule has 0 spiro atoms. The van der Waals surface area contributed by atoms with Crippen LogP contribution in [0.4, 0.5) is 5.69 Å². The van der Waals surface area contributed by atoms with Gasteiger partial charge in [0.15, 0.2) is 5.75 Å². The second kappa shape index (κ2) is 4.47. The van der Waals surface area contributed by atoms with Crippen molar-refractivity contribution in [1.29, 1.82) is 0 Å². The summed E-state index contributed by atoms with van der Waals surface area (Å²) < 4.78 is 4.68. The summed E-state index contributed by atoms with van der Waals surface area (Å²) in [5.41, 5.74) is -0.544. The lowest BCUT2D eigenvalue weighted by molar-refractivity contribution is -0.386. The van der Waals surface area contributed by atoms with Crippen molar-refractivity contribution in [2.75, 3.05) is 7.11 Å². The van der Waals surface area contributed by atoms with E-state index >= 15 is 0 Å². The zero-order valence-corrected chi connectivity index (χ0v) is 8.34. The number of phenols is 1. The van der Waals surface area contributed by atoms with E-state index in [1.807, 2.05) is 0 Å². The maximum atomic E-state index is 10.8. The number of aromatic hydroxyl groups is 1. The van der Waals surface area contributed by atoms with E-state index < -0.39 is 28.8 Å². The minimum atomic E-state index is -1.20. The summed E-state index contributed by atoms with van der Waals surface area (Å²) in [6.07, 6.45) is -0.507. The number of ether oxygens (including phenoxy) is 1. The molecule has 1 aromatic rings. The smallest absolute Gasteiger partial charge is 0.318 e. The van der Waals surface area contributed by atoms with Crippen LogP contribution >= 0.6 is 0 Å². The Bertz CT molecular complexity index is 442. The lowest BCUT2D eigenvalue weighted by atomic mass is 10.1. The SMILES string of the molecule is COc1c(O)ccc(CC(=O)O)c1[N+](=O)[O-]. The van der Waals surface area contributed by atoms with Gasteiger partial charge in [-0.1, -0.05) is 0 Å². The summed E-state index contributed by atoms with van der Waals surface area (Å²) >= 11 is 0. The molecular weight excluding hydrogens is 218 g/mol. The highest BCUT2D eigenvalue weighted by molar-refractivity contribution is 5.74. The van der Waals surface area contributed by atoms with Crippen molar-refractivity contribution in [2.24, 2.45) is 0 Å². The zero-order chi connectivity index (χ0) is 12.3. The number of methoxy groups -OCH3 is 1. The van der Waals surface area contributed by atoms with Crippen molar-refractivity contribution in [3.05, 3.63) is 27.8 Å². The fourth-order valence-electron chi connectivity index (χ4n) is 1.31. The number of nitrogens with zero attached hydrogens (tertiary/aromatic N) is 1. The van der Waals surface area contributed by atoms with E-state index in [0.717, 1.165) is 13.2 Å². The summed E-state index contributed by atoms with van der Waals surface area (Å²) in [5, 5.41) is 28.7. The molecule has 2 N–H and O–H groups in total. The molecule has 0 saturated carbocycles. The minimum absolute atomic E-state index is 0.0212. The highest BCUT2D eigenvalue weighted by Crippen LogP contribution is 2.38. The van der Waals surface area contributed by atoms with E-state index in [4.69, 9.17) is 5.11 Å². The first kappa shape index (κ1) is 11.8. The largest absolute Gasteiger partial charge is 0.504 e. The van der Waals surface area contributed by atoms with Crippen LogP contribution in [0.15, 0.2) is 12.1 Å². The lowest BCUT2D eigenvalue weighted by Gasteiger charge is -2.07. The molecule has 86 valence electrons. The van der Waals surface area contributed by atoms with Crippen LogP contribution in [0.2, 0.25) is 0 Å². The van der Waals surface area contributed by atoms with E-state index in [1.54, 1.807) is 0 Å². The second-order valence-corrected chi connectivity index (χ2v) is 2.95. The molecular formula is C9H9NO6. The van der Waals surface area contributed by atoms with Gasteiger partial charge in [-0.3, -0.25) is 14.9 Å². The first-order valence-corrected chi connectivity index (χ1v) is 4.22. The quantitative estimate of drug-likeness (QED) is 0.585. The number of phenolic OH excluding ortho intramolecular Hbond substituents is 1. The highest BCUT2D eigenvalue weighted by atomic mass is 16.6. The summed E-state index contributed by atoms with van der Waals surface area (Å²) in [5.74, 6) is -1.93. The van der Waals surface area contributed by atoms with Crippen molar-refractivity contribution in [3.8, 4) is 11.5 Å². The van der Waals surface area contributed by atoms with Crippen LogP contribution < -0.4 is 4.74 Å². The summed E-state index contributed by atoms with van der Waals surface area (Å²) in [4.78, 5) is 20.5. The number of aliphatic carboxylic acids is 1. The van der Waals surface area contributed by atoms with Crippen molar-refractivity contribution < 1.29 is 24.7 Å². The van der Waals surface area contributed by atoms with Crippen molar-refractivity contribution in [3.63, 3.8) is 0 Å². The summed E-state index contributed by atoms with van der Waals surface area (Å²) in [7, 11) is 1.16. The fourth-order valence-corrected chi connectivity index (χ4v) is 1.31. The first-order valence-electron chi connectivity index (χ1n) is 4.22. The van der Waals surface area contributed by atoms with Crippen LogP contribution in [-0.2, 0) is 11.2 Å². The number of carbonyl (C=O) groups is 1. The van der Waals surface area contributed by atoms with Gasteiger partial charge in [0.2, 0.25) is 5.75 Å². The minimum Gasteiger partial charge on any atom is -0.504 e. The number of carboxylic acid groups (broad SMARTS) is 1. The van der Waals surface area contributed by atoms with Crippen LogP contribution in [0.1, 0.15) is 5.56 Å². The average Bonchev–Trinajstić information content (AvgIpc) is 2.18. The first-order chi connectivity index (χ1) is 7.47. The van der Waals surface area contributed by atoms with Gasteiger partial charge in [0.05, 0.1) is 18.5 Å². The van der Waals surface area contributed by atoms with Gasteiger partial charge in [-0.25, -0.2) is 0 Å². The molecule has 0 aliphatic carbocycles. The number of hydrogen-bond acceptors (Lipinski definition) is 5. The van der Waals surface area contributed by atoms with E-state index in [2.05, 4.69) is 4.74 Å². The summed E-state index contributed by atoms with van der Waals surface area (Å²) in [6, 6.07) is 2.34. The molecule has 16 heavy (non-hydrogen) atoms. The molecule has 0 atom stereocenters. The third-order valence-electron chi connectivity index (χ3n) is 1.92. The van der Waals surface area contributed by atoms with Crippen LogP contribution in [-0.4, -0.2) is 28.2 Å². The average molecular weight is 227 g/mol. The number of nitro benzene ring substituents is 1. The number of hydrogen-bond donors (Lipinski definition) is 2. The van der Waals surface area contributed by atoms with Crippen LogP contribution in [0, 0.1) is 10.1 Å². The van der Waals surface area contributed by atoms with Gasteiger partial charge < -0.3 is 14.9 Å². The monoisotopic (exact) mass is 227 g/mol. The maximum absolute atomic E-state index is 10.8. The van der Waals surface area contributed by atoms with Gasteiger partial charge in [-0.15, -0.1) is 0 Å². The summed E-state index contributed by atoms with van der Waals surface area (Å²) in [6.45, 7) is 0. The molecule has 1 rings (SSSR count). The van der Waals surface area contributed by atoms with Gasteiger partial charge in [0.1, 0.15) is 0 Å². The van der Waals surface area contributed by atoms with Crippen molar-refractivity contribution in [2.45, 2.75) is 6.42 Å². The van der Waals surface area contributed by atoms with E-state index in [9.17, 15) is 20.0 Å². The lowest BCUT2D eigenvalue weighted by Crippen LogP contribution is -2.05. The fraction of sp³-hybridized carbons (Fsp3) is 0.222. The van der Waals surface area contributed by atoms with Gasteiger partial charge in [0, 0.05) is 5.56 Å². The molecule has 0 fully saturated rings. The molecule has 0 heterocycles. The predicted octanol–water partition coefficient (Wildman–Crippen LogP) is 0.936. The van der Waals surface area contributed by atoms with Gasteiger partial charge in [-0.05, 0) is 12.1 Å². The Morgan fingerprint density at radius 2 is 2.19 bits per heavy atom. The number of rotatable bonds is 4. The molecule has 0 saturated heterocycles. The normalized spacial score (nSPS) is 9.81. The molecule has 0 aliphatic heterocycles. The van der Waals surface area contributed by atoms with Crippen molar-refractivity contribution in [1.82, 2.24) is 0 Å². The number of carboxylic acids is 1. The number of nitro groups is 1. The van der Waals surface area contributed by atoms with E-state index in [1.165, 1.54) is 6.07 Å². The van der Waals surface area contributed by atoms with Crippen molar-refractivity contribution >= 4 is 11.7 Å². The Kier molecular flexibility index (Phi) is 3.29. The Labute approximate surface area is 90.0 Å². The maximum Gasteiger partial charge on any atom is 0.318 e. The molecule has 1 aromatic carbocycles. The molecule has 0 aliphatic rings. The van der Waals surface area contributed by atoms with Gasteiger partial charge in [-0.2, -0.15) is 0 Å². The molecule has 0 unspecified atom stereocenters. The molecule has 7 nitrogen and oxygen atoms in total. The number of benzene rings is 1. The molecule has 7 heteroatoms. The van der Waals surface area contributed by atoms with Crippen LogP contribution in [0.3, 0.4) is 0 Å². The second-order valence-electron chi connectivity index (χ2n) is 2.95. The predicted molar refractivity (Wildman–Crippen MR) is 52.7 cm³/mol. The Morgan fingerprint density at radius 3 is 2.62 bits per heavy atom. The Hall–Kier alpha value is -2.31. The van der Waals surface area contributed by atoms with Crippen LogP contribution in [0.5, 0.6) is 11.5 Å². The Balaban J connectivity index is 3.38. The van der Waals surface area contributed by atoms with Gasteiger partial charge >= 0.3 is 11.7 Å². The van der Waals surface area contributed by atoms with Gasteiger partial charge in [0.25, 0.3) is 0 Å². The Morgan fingerprint density at radius 1 is 1.56 bits per heavy atom. The highest BCUT2D eigenvalue weighted by Gasteiger charge is 2.25. The standard InChI is InChI=1S/C9H9NO6/c1-16-9-6(11)3-2-5(4-7(12)13)8(9)10(14)15/h2-3,11H,4H2,1H3,(H,12,13). The zero-order valence-electron chi connectivity index (χ0n) is 8.34. The molecule has 0 amide bonds. The van der Waals surface area contributed by atoms with E-state index in [-0.39, 0.29) is 11.3 Å². The molecule has 0 bridgehead atoms. The third kappa shape index (κ3) is 2.19. The molecule has 0 aromatic heterocycles. The van der Waals surface area contributed by atoms with E-state index in [0.29, 0.717) is 0 Å². The topological polar surface area (TPSA) is 110 Å². The van der Waals surface area contributed by atoms with Crippen LogP contribution in [0.25, 0.3) is 0 Å². The third-order valence-corrected chi connectivity index (χ3v) is 1.92.